The average Bonchev–Trinajstić information content (AvgIpc) is 2.87. The molecule has 1 amide bonds. The number of carbonyl (C=O) groups excluding carboxylic acids is 1. The first-order valence-electron chi connectivity index (χ1n) is 7.04. The number of fused-ring (bicyclic) bond motifs is 2. The quantitative estimate of drug-likeness (QED) is 0.893. The van der Waals surface area contributed by atoms with Gasteiger partial charge in [-0.15, -0.1) is 0 Å². The van der Waals surface area contributed by atoms with Crippen LogP contribution in [0.4, 0.5) is 0 Å². The number of carbonyl (C=O) groups is 2. The highest BCUT2D eigenvalue weighted by atomic mass is 35.5. The number of rotatable bonds is 3. The van der Waals surface area contributed by atoms with Crippen molar-refractivity contribution in [1.82, 2.24) is 9.88 Å². The molecule has 3 rings (SSSR count). The molecule has 5 nitrogen and oxygen atoms in total. The fraction of sp³-hybridized carbons (Fsp3) is 0.571. The predicted molar refractivity (Wildman–Crippen MR) is 78.8 cm³/mol. The van der Waals surface area contributed by atoms with Crippen LogP contribution >= 0.6 is 23.2 Å². The molecule has 3 heterocycles. The number of hydrogen-bond acceptors (Lipinski definition) is 2. The summed E-state index contributed by atoms with van der Waals surface area (Å²) in [5, 5.41) is 9.54. The molecule has 2 bridgehead atoms. The van der Waals surface area contributed by atoms with Crippen LogP contribution in [0.15, 0.2) is 6.07 Å². The van der Waals surface area contributed by atoms with Crippen LogP contribution in [0.5, 0.6) is 0 Å². The first-order valence-corrected chi connectivity index (χ1v) is 7.79. The van der Waals surface area contributed by atoms with Gasteiger partial charge in [0, 0.05) is 18.5 Å². The van der Waals surface area contributed by atoms with E-state index in [2.05, 4.69) is 4.98 Å². The Morgan fingerprint density at radius 1 is 1.29 bits per heavy atom. The Bertz CT molecular complexity index is 553. The van der Waals surface area contributed by atoms with Crippen LogP contribution in [-0.2, 0) is 4.79 Å². The van der Waals surface area contributed by atoms with Crippen molar-refractivity contribution in [2.24, 2.45) is 5.92 Å². The first-order chi connectivity index (χ1) is 9.95. The van der Waals surface area contributed by atoms with E-state index in [0.717, 1.165) is 25.7 Å². The highest BCUT2D eigenvalue weighted by Gasteiger charge is 2.44. The van der Waals surface area contributed by atoms with Crippen molar-refractivity contribution in [3.05, 3.63) is 21.9 Å². The Labute approximate surface area is 132 Å². The van der Waals surface area contributed by atoms with Gasteiger partial charge in [0.25, 0.3) is 5.91 Å². The summed E-state index contributed by atoms with van der Waals surface area (Å²) in [5.74, 6) is -0.688. The minimum absolute atomic E-state index is 0.0925. The van der Waals surface area contributed by atoms with E-state index in [1.54, 1.807) is 6.07 Å². The normalized spacial score (nSPS) is 27.9. The van der Waals surface area contributed by atoms with Gasteiger partial charge in [-0.2, -0.15) is 0 Å². The van der Waals surface area contributed by atoms with Crippen molar-refractivity contribution in [2.45, 2.75) is 44.2 Å². The number of aliphatic carboxylic acids is 1. The average molecular weight is 331 g/mol. The molecule has 0 radical (unpaired) electrons. The van der Waals surface area contributed by atoms with E-state index in [-0.39, 0.29) is 35.5 Å². The number of nitrogens with one attached hydrogen (secondary N) is 1. The van der Waals surface area contributed by atoms with E-state index >= 15 is 0 Å². The van der Waals surface area contributed by atoms with E-state index in [1.807, 2.05) is 4.90 Å². The summed E-state index contributed by atoms with van der Waals surface area (Å²) in [6, 6.07) is 1.80. The monoisotopic (exact) mass is 330 g/mol. The number of carboxylic acids is 1. The molecule has 2 fully saturated rings. The van der Waals surface area contributed by atoms with Gasteiger partial charge in [0.05, 0.1) is 5.02 Å². The van der Waals surface area contributed by atoms with E-state index in [4.69, 9.17) is 28.3 Å². The highest BCUT2D eigenvalue weighted by Crippen LogP contribution is 2.41. The third-order valence-electron chi connectivity index (χ3n) is 4.48. The van der Waals surface area contributed by atoms with Crippen LogP contribution in [0, 0.1) is 5.92 Å². The van der Waals surface area contributed by atoms with E-state index in [0.29, 0.717) is 10.7 Å². The lowest BCUT2D eigenvalue weighted by Gasteiger charge is -2.38. The number of halogens is 2. The lowest BCUT2D eigenvalue weighted by molar-refractivity contribution is -0.138. The Morgan fingerprint density at radius 2 is 1.90 bits per heavy atom. The van der Waals surface area contributed by atoms with Crippen LogP contribution in [0.3, 0.4) is 0 Å². The van der Waals surface area contributed by atoms with Crippen LogP contribution in [-0.4, -0.2) is 39.0 Å². The molecular formula is C14H16Cl2N2O3. The Balaban J connectivity index is 1.75. The lowest BCUT2D eigenvalue weighted by Crippen LogP contribution is -2.47. The van der Waals surface area contributed by atoms with Crippen molar-refractivity contribution in [1.29, 1.82) is 0 Å². The molecule has 1 aromatic rings. The fourth-order valence-electron chi connectivity index (χ4n) is 3.69. The summed E-state index contributed by atoms with van der Waals surface area (Å²) in [5.41, 5.74) is 0.401. The van der Waals surface area contributed by atoms with E-state index < -0.39 is 5.97 Å². The van der Waals surface area contributed by atoms with Crippen LogP contribution in [0.2, 0.25) is 10.2 Å². The molecule has 2 aliphatic heterocycles. The number of hydrogen-bond donors (Lipinski definition) is 2. The van der Waals surface area contributed by atoms with Crippen LogP contribution in [0.1, 0.15) is 42.6 Å². The van der Waals surface area contributed by atoms with E-state index in [1.165, 1.54) is 0 Å². The second kappa shape index (κ2) is 5.54. The number of amides is 1. The van der Waals surface area contributed by atoms with Crippen molar-refractivity contribution in [2.75, 3.05) is 0 Å². The van der Waals surface area contributed by atoms with Crippen molar-refractivity contribution < 1.29 is 14.7 Å². The molecule has 1 aromatic heterocycles. The molecule has 114 valence electrons. The highest BCUT2D eigenvalue weighted by molar-refractivity contribution is 6.41. The maximum Gasteiger partial charge on any atom is 0.303 e. The van der Waals surface area contributed by atoms with Crippen LogP contribution in [0.25, 0.3) is 0 Å². The zero-order valence-electron chi connectivity index (χ0n) is 11.3. The zero-order valence-corrected chi connectivity index (χ0v) is 12.8. The largest absolute Gasteiger partial charge is 0.481 e. The smallest absolute Gasteiger partial charge is 0.303 e. The van der Waals surface area contributed by atoms with Gasteiger partial charge in [0.1, 0.15) is 10.8 Å². The molecule has 21 heavy (non-hydrogen) atoms. The van der Waals surface area contributed by atoms with Crippen LogP contribution < -0.4 is 0 Å². The van der Waals surface area contributed by atoms with Crippen molar-refractivity contribution in [3.63, 3.8) is 0 Å². The number of nitrogens with zero attached hydrogens (tertiary/aromatic N) is 1. The van der Waals surface area contributed by atoms with Gasteiger partial charge in [-0.05, 0) is 37.7 Å². The molecule has 2 N–H and O–H groups in total. The summed E-state index contributed by atoms with van der Waals surface area (Å²) in [6.45, 7) is 0. The molecule has 2 saturated heterocycles. The second-order valence-corrected chi connectivity index (χ2v) is 6.66. The second-order valence-electron chi connectivity index (χ2n) is 5.88. The van der Waals surface area contributed by atoms with Gasteiger partial charge >= 0.3 is 5.97 Å². The molecule has 2 unspecified atom stereocenters. The summed E-state index contributed by atoms with van der Waals surface area (Å²) in [4.78, 5) is 28.2. The maximum absolute atomic E-state index is 12.6. The van der Waals surface area contributed by atoms with Crippen molar-refractivity contribution >= 4 is 35.1 Å². The predicted octanol–water partition coefficient (Wildman–Crippen LogP) is 3.18. The zero-order chi connectivity index (χ0) is 15.1. The number of piperidine rings is 1. The molecule has 0 saturated carbocycles. The first kappa shape index (κ1) is 14.7. The fourth-order valence-corrected chi connectivity index (χ4v) is 4.01. The van der Waals surface area contributed by atoms with Gasteiger partial charge < -0.3 is 15.0 Å². The molecule has 0 aliphatic carbocycles. The number of aromatic amines is 1. The molecule has 0 aromatic carbocycles. The lowest BCUT2D eigenvalue weighted by atomic mass is 9.88. The van der Waals surface area contributed by atoms with E-state index in [9.17, 15) is 9.59 Å². The molecule has 2 atom stereocenters. The Kier molecular flexibility index (Phi) is 3.88. The van der Waals surface area contributed by atoms with Gasteiger partial charge in [0.2, 0.25) is 0 Å². The molecule has 2 aliphatic rings. The van der Waals surface area contributed by atoms with Gasteiger partial charge in [-0.3, -0.25) is 9.59 Å². The van der Waals surface area contributed by atoms with Gasteiger partial charge in [0.15, 0.2) is 0 Å². The summed E-state index contributed by atoms with van der Waals surface area (Å²) in [7, 11) is 0. The molecule has 7 heteroatoms. The Hall–Kier alpha value is -1.20. The number of aromatic nitrogens is 1. The van der Waals surface area contributed by atoms with Gasteiger partial charge in [-0.1, -0.05) is 23.2 Å². The maximum atomic E-state index is 12.6. The van der Waals surface area contributed by atoms with Crippen molar-refractivity contribution in [3.8, 4) is 0 Å². The summed E-state index contributed by atoms with van der Waals surface area (Å²) in [6.07, 6.45) is 3.59. The minimum atomic E-state index is -0.762. The summed E-state index contributed by atoms with van der Waals surface area (Å²) >= 11 is 11.7. The topological polar surface area (TPSA) is 73.4 Å². The number of carboxylic acid groups (broad SMARTS) is 1. The Morgan fingerprint density at radius 3 is 2.38 bits per heavy atom. The standard InChI is InChI=1S/C14H16Cl2N2O3/c15-10-6-11(17-13(10)16)14(21)18-8-1-2-9(18)4-7(3-8)5-12(19)20/h6-9,17H,1-5H2,(H,19,20). The van der Waals surface area contributed by atoms with Gasteiger partial charge in [-0.25, -0.2) is 0 Å². The SMILES string of the molecule is O=C(O)CC1CC2CCC(C1)N2C(=O)c1cc(Cl)c(Cl)[nH]1. The number of H-pyrrole nitrogens is 1. The molecular weight excluding hydrogens is 315 g/mol. The third kappa shape index (κ3) is 2.77. The minimum Gasteiger partial charge on any atom is -0.481 e. The third-order valence-corrected chi connectivity index (χ3v) is 5.18. The summed E-state index contributed by atoms with van der Waals surface area (Å²) < 4.78 is 0. The molecule has 0 spiro atoms.